The fourth-order valence-corrected chi connectivity index (χ4v) is 1.93. The van der Waals surface area contributed by atoms with Crippen LogP contribution in [0.5, 0.6) is 11.5 Å². The molecule has 1 aromatic rings. The molecule has 0 radical (unpaired) electrons. The lowest BCUT2D eigenvalue weighted by Gasteiger charge is -2.22. The zero-order valence-corrected chi connectivity index (χ0v) is 15.2. The second-order valence-corrected chi connectivity index (χ2v) is 6.04. The van der Waals surface area contributed by atoms with E-state index in [0.29, 0.717) is 11.5 Å². The Labute approximate surface area is 146 Å². The van der Waals surface area contributed by atoms with E-state index in [1.54, 1.807) is 20.8 Å². The Morgan fingerprint density at radius 3 is 2.08 bits per heavy atom. The van der Waals surface area contributed by atoms with Crippen molar-refractivity contribution in [1.82, 2.24) is 5.32 Å². The van der Waals surface area contributed by atoms with Crippen LogP contribution in [0.4, 0.5) is 4.79 Å². The highest BCUT2D eigenvalue weighted by molar-refractivity contribution is 6.13. The summed E-state index contributed by atoms with van der Waals surface area (Å²) in [7, 11) is 4.00. The lowest BCUT2D eigenvalue weighted by Crippen LogP contribution is -2.48. The Morgan fingerprint density at radius 2 is 1.60 bits per heavy atom. The molecule has 0 aliphatic heterocycles. The van der Waals surface area contributed by atoms with Gasteiger partial charge in [0.1, 0.15) is 5.60 Å². The monoisotopic (exact) mass is 353 g/mol. The van der Waals surface area contributed by atoms with Crippen molar-refractivity contribution in [2.24, 2.45) is 0 Å². The number of ether oxygens (including phenoxy) is 4. The first-order chi connectivity index (χ1) is 11.6. The molecule has 0 spiro atoms. The minimum atomic E-state index is -1.54. The van der Waals surface area contributed by atoms with Crippen molar-refractivity contribution in [3.05, 3.63) is 23.8 Å². The van der Waals surface area contributed by atoms with Gasteiger partial charge in [0.2, 0.25) is 0 Å². The predicted octanol–water partition coefficient (Wildman–Crippen LogP) is 1.95. The number of amides is 1. The standard InChI is InChI=1S/C17H23NO7/c1-17(2,3)25-16(21)18-13(15(20)24-6)14(19)10-7-8-11(22-4)12(9-10)23-5/h7-9,13H,1-6H3,(H,18,21). The van der Waals surface area contributed by atoms with Crippen LogP contribution in [0, 0.1) is 0 Å². The van der Waals surface area contributed by atoms with Gasteiger partial charge in [-0.2, -0.15) is 0 Å². The third-order valence-corrected chi connectivity index (χ3v) is 3.03. The molecule has 1 rings (SSSR count). The first kappa shape index (κ1) is 20.3. The smallest absolute Gasteiger partial charge is 0.408 e. The number of carbonyl (C=O) groups excluding carboxylic acids is 3. The third kappa shape index (κ3) is 5.66. The molecule has 1 N–H and O–H groups in total. The van der Waals surface area contributed by atoms with Gasteiger partial charge in [-0.3, -0.25) is 4.79 Å². The second-order valence-electron chi connectivity index (χ2n) is 6.04. The Bertz CT molecular complexity index is 649. The highest BCUT2D eigenvalue weighted by Crippen LogP contribution is 2.28. The van der Waals surface area contributed by atoms with Crippen molar-refractivity contribution >= 4 is 17.8 Å². The average molecular weight is 353 g/mol. The van der Waals surface area contributed by atoms with Crippen molar-refractivity contribution in [1.29, 1.82) is 0 Å². The molecule has 0 aromatic heterocycles. The molecule has 1 atom stereocenters. The summed E-state index contributed by atoms with van der Waals surface area (Å²) in [5.74, 6) is -0.840. The van der Waals surface area contributed by atoms with Crippen LogP contribution in [0.25, 0.3) is 0 Å². The highest BCUT2D eigenvalue weighted by Gasteiger charge is 2.32. The zero-order chi connectivity index (χ0) is 19.2. The van der Waals surface area contributed by atoms with E-state index in [2.05, 4.69) is 10.1 Å². The molecule has 0 aliphatic rings. The van der Waals surface area contributed by atoms with E-state index >= 15 is 0 Å². The minimum Gasteiger partial charge on any atom is -0.493 e. The average Bonchev–Trinajstić information content (AvgIpc) is 2.56. The lowest BCUT2D eigenvalue weighted by atomic mass is 10.0. The van der Waals surface area contributed by atoms with Gasteiger partial charge in [-0.15, -0.1) is 0 Å². The van der Waals surface area contributed by atoms with Gasteiger partial charge in [0.25, 0.3) is 0 Å². The van der Waals surface area contributed by atoms with E-state index in [9.17, 15) is 14.4 Å². The largest absolute Gasteiger partial charge is 0.493 e. The highest BCUT2D eigenvalue weighted by atomic mass is 16.6. The molecule has 25 heavy (non-hydrogen) atoms. The first-order valence-corrected chi connectivity index (χ1v) is 7.46. The van der Waals surface area contributed by atoms with E-state index in [4.69, 9.17) is 14.2 Å². The van der Waals surface area contributed by atoms with Crippen LogP contribution in [0.1, 0.15) is 31.1 Å². The van der Waals surface area contributed by atoms with Crippen molar-refractivity contribution in [3.8, 4) is 11.5 Å². The third-order valence-electron chi connectivity index (χ3n) is 3.03. The molecule has 138 valence electrons. The lowest BCUT2D eigenvalue weighted by molar-refractivity contribution is -0.141. The molecule has 1 unspecified atom stereocenters. The van der Waals surface area contributed by atoms with Crippen LogP contribution >= 0.6 is 0 Å². The molecule has 1 aromatic carbocycles. The van der Waals surface area contributed by atoms with Crippen LogP contribution in [-0.4, -0.2) is 50.8 Å². The molecule has 0 bridgehead atoms. The predicted molar refractivity (Wildman–Crippen MR) is 89.1 cm³/mol. The van der Waals surface area contributed by atoms with Gasteiger partial charge in [0, 0.05) is 5.56 Å². The summed E-state index contributed by atoms with van der Waals surface area (Å²) in [5.41, 5.74) is -0.638. The Kier molecular flexibility index (Phi) is 6.78. The zero-order valence-electron chi connectivity index (χ0n) is 15.2. The van der Waals surface area contributed by atoms with Gasteiger partial charge in [-0.1, -0.05) is 0 Å². The summed E-state index contributed by atoms with van der Waals surface area (Å²) in [4.78, 5) is 36.5. The summed E-state index contributed by atoms with van der Waals surface area (Å²) in [6.45, 7) is 4.99. The summed E-state index contributed by atoms with van der Waals surface area (Å²) >= 11 is 0. The molecule has 1 amide bonds. The second kappa shape index (κ2) is 8.36. The number of hydrogen-bond acceptors (Lipinski definition) is 7. The summed E-state index contributed by atoms with van der Waals surface area (Å²) in [6.07, 6.45) is -0.906. The van der Waals surface area contributed by atoms with E-state index in [1.165, 1.54) is 32.4 Å². The number of alkyl carbamates (subject to hydrolysis) is 1. The van der Waals surface area contributed by atoms with Crippen molar-refractivity contribution in [3.63, 3.8) is 0 Å². The number of carbonyl (C=O) groups is 3. The van der Waals surface area contributed by atoms with Crippen LogP contribution in [0.3, 0.4) is 0 Å². The van der Waals surface area contributed by atoms with Crippen molar-refractivity contribution < 1.29 is 33.3 Å². The number of hydrogen-bond donors (Lipinski definition) is 1. The SMILES string of the molecule is COC(=O)C(NC(=O)OC(C)(C)C)C(=O)c1ccc(OC)c(OC)c1. The number of esters is 1. The number of nitrogens with one attached hydrogen (secondary N) is 1. The molecule has 0 saturated heterocycles. The maximum Gasteiger partial charge on any atom is 0.408 e. The molecule has 8 nitrogen and oxygen atoms in total. The summed E-state index contributed by atoms with van der Waals surface area (Å²) in [6, 6.07) is 2.84. The van der Waals surface area contributed by atoms with Gasteiger partial charge in [0.15, 0.2) is 23.3 Å². The minimum absolute atomic E-state index is 0.143. The van der Waals surface area contributed by atoms with Gasteiger partial charge in [-0.25, -0.2) is 9.59 Å². The maximum absolute atomic E-state index is 12.6. The fourth-order valence-electron chi connectivity index (χ4n) is 1.93. The van der Waals surface area contributed by atoms with E-state index in [-0.39, 0.29) is 5.56 Å². The quantitative estimate of drug-likeness (QED) is 0.474. The Balaban J connectivity index is 3.09. The molecule has 0 saturated carbocycles. The van der Waals surface area contributed by atoms with E-state index in [1.807, 2.05) is 0 Å². The number of ketones is 1. The van der Waals surface area contributed by atoms with E-state index in [0.717, 1.165) is 7.11 Å². The van der Waals surface area contributed by atoms with Gasteiger partial charge in [0.05, 0.1) is 21.3 Å². The molecule has 0 aliphatic carbocycles. The normalized spacial score (nSPS) is 11.9. The van der Waals surface area contributed by atoms with Crippen LogP contribution < -0.4 is 14.8 Å². The molecule has 0 heterocycles. The molecule has 0 fully saturated rings. The number of benzene rings is 1. The van der Waals surface area contributed by atoms with Gasteiger partial charge >= 0.3 is 12.1 Å². The Hall–Kier alpha value is -2.77. The van der Waals surface area contributed by atoms with Crippen molar-refractivity contribution in [2.75, 3.05) is 21.3 Å². The first-order valence-electron chi connectivity index (χ1n) is 7.46. The van der Waals surface area contributed by atoms with Crippen LogP contribution in [0.15, 0.2) is 18.2 Å². The van der Waals surface area contributed by atoms with E-state index < -0.39 is 29.5 Å². The molecular formula is C17H23NO7. The van der Waals surface area contributed by atoms with Crippen molar-refractivity contribution in [2.45, 2.75) is 32.4 Å². The summed E-state index contributed by atoms with van der Waals surface area (Å²) < 4.78 is 19.9. The topological polar surface area (TPSA) is 100 Å². The summed E-state index contributed by atoms with van der Waals surface area (Å²) in [5, 5.41) is 2.23. The number of Topliss-reactive ketones (excluding diaryl/α,β-unsaturated/α-hetero) is 1. The van der Waals surface area contributed by atoms with Gasteiger partial charge < -0.3 is 24.3 Å². The maximum atomic E-state index is 12.6. The molecular weight excluding hydrogens is 330 g/mol. The molecule has 8 heteroatoms. The van der Waals surface area contributed by atoms with Crippen LogP contribution in [-0.2, 0) is 14.3 Å². The Morgan fingerprint density at radius 1 is 1.00 bits per heavy atom. The number of rotatable bonds is 6. The fraction of sp³-hybridized carbons (Fsp3) is 0.471. The number of methoxy groups -OCH3 is 3. The van der Waals surface area contributed by atoms with Gasteiger partial charge in [-0.05, 0) is 39.0 Å². The van der Waals surface area contributed by atoms with Crippen LogP contribution in [0.2, 0.25) is 0 Å².